The van der Waals surface area contributed by atoms with Gasteiger partial charge in [0.1, 0.15) is 11.6 Å². The Balaban J connectivity index is 1.85. The molecule has 120 valence electrons. The maximum atomic E-state index is 11.8. The van der Waals surface area contributed by atoms with E-state index in [9.17, 15) is 4.79 Å². The van der Waals surface area contributed by atoms with Crippen molar-refractivity contribution in [3.05, 3.63) is 24.0 Å². The van der Waals surface area contributed by atoms with Crippen molar-refractivity contribution in [1.82, 2.24) is 20.2 Å². The summed E-state index contributed by atoms with van der Waals surface area (Å²) < 4.78 is 10.1. The first kappa shape index (κ1) is 16.1. The Labute approximate surface area is 129 Å². The summed E-state index contributed by atoms with van der Waals surface area (Å²) in [6.45, 7) is 1.61. The van der Waals surface area contributed by atoms with Gasteiger partial charge in [-0.25, -0.2) is 9.78 Å². The molecule has 0 atom stereocenters. The number of rotatable bonds is 7. The number of imidazole rings is 1. The smallest absolute Gasteiger partial charge is 0.317 e. The molecule has 2 rings (SSSR count). The van der Waals surface area contributed by atoms with Crippen molar-refractivity contribution in [1.29, 1.82) is 0 Å². The van der Waals surface area contributed by atoms with Crippen molar-refractivity contribution in [2.75, 3.05) is 41.0 Å². The number of methoxy groups -OCH3 is 2. The lowest BCUT2D eigenvalue weighted by molar-refractivity contribution is 0.159. The summed E-state index contributed by atoms with van der Waals surface area (Å²) >= 11 is 0. The Kier molecular flexibility index (Phi) is 5.60. The molecular weight excluding hydrogens is 284 g/mol. The zero-order valence-corrected chi connectivity index (χ0v) is 13.2. The number of urea groups is 1. The van der Waals surface area contributed by atoms with Crippen LogP contribution in [0, 0.1) is 0 Å². The Morgan fingerprint density at radius 3 is 2.95 bits per heavy atom. The fraction of sp³-hybridized carbons (Fsp3) is 0.467. The number of aromatic nitrogens is 2. The third-order valence-corrected chi connectivity index (χ3v) is 3.35. The standard InChI is InChI=1S/C15H22N4O3/c1-19(8-9-21-2)15(20)16-7-6-14-17-12-5-4-11(22-3)10-13(12)18-14/h4-5,10H,6-9H2,1-3H3,(H,16,20)(H,17,18). The molecule has 0 aliphatic rings. The highest BCUT2D eigenvalue weighted by Crippen LogP contribution is 2.18. The number of benzene rings is 1. The number of amides is 2. The van der Waals surface area contributed by atoms with Gasteiger partial charge < -0.3 is 24.7 Å². The predicted molar refractivity (Wildman–Crippen MR) is 84.3 cm³/mol. The van der Waals surface area contributed by atoms with Crippen LogP contribution >= 0.6 is 0 Å². The van der Waals surface area contributed by atoms with Crippen LogP contribution in [0.5, 0.6) is 5.75 Å². The van der Waals surface area contributed by atoms with E-state index in [4.69, 9.17) is 9.47 Å². The Morgan fingerprint density at radius 1 is 1.41 bits per heavy atom. The van der Waals surface area contributed by atoms with Crippen molar-refractivity contribution in [3.8, 4) is 5.75 Å². The number of likely N-dealkylation sites (N-methyl/N-ethyl adjacent to an activating group) is 1. The lowest BCUT2D eigenvalue weighted by atomic mass is 10.3. The number of hydrogen-bond acceptors (Lipinski definition) is 4. The van der Waals surface area contributed by atoms with E-state index in [2.05, 4.69) is 15.3 Å². The van der Waals surface area contributed by atoms with E-state index in [0.29, 0.717) is 26.1 Å². The predicted octanol–water partition coefficient (Wildman–Crippen LogP) is 1.40. The van der Waals surface area contributed by atoms with Crippen LogP contribution in [0.1, 0.15) is 5.82 Å². The van der Waals surface area contributed by atoms with Crippen molar-refractivity contribution in [3.63, 3.8) is 0 Å². The number of fused-ring (bicyclic) bond motifs is 1. The van der Waals surface area contributed by atoms with Gasteiger partial charge in [-0.2, -0.15) is 0 Å². The zero-order valence-electron chi connectivity index (χ0n) is 13.2. The number of carbonyl (C=O) groups excluding carboxylic acids is 1. The Morgan fingerprint density at radius 2 is 2.23 bits per heavy atom. The molecule has 22 heavy (non-hydrogen) atoms. The van der Waals surface area contributed by atoms with Gasteiger partial charge in [0.2, 0.25) is 0 Å². The molecule has 2 N–H and O–H groups in total. The van der Waals surface area contributed by atoms with Gasteiger partial charge in [-0.1, -0.05) is 0 Å². The number of nitrogens with one attached hydrogen (secondary N) is 2. The number of H-pyrrole nitrogens is 1. The number of nitrogens with zero attached hydrogens (tertiary/aromatic N) is 2. The second kappa shape index (κ2) is 7.65. The number of carbonyl (C=O) groups is 1. The highest BCUT2D eigenvalue weighted by Gasteiger charge is 2.08. The van der Waals surface area contributed by atoms with Crippen LogP contribution in [-0.2, 0) is 11.2 Å². The lowest BCUT2D eigenvalue weighted by Crippen LogP contribution is -2.39. The average molecular weight is 306 g/mol. The Bertz CT molecular complexity index is 626. The fourth-order valence-corrected chi connectivity index (χ4v) is 2.04. The first-order chi connectivity index (χ1) is 10.6. The summed E-state index contributed by atoms with van der Waals surface area (Å²) in [7, 11) is 4.98. The van der Waals surface area contributed by atoms with E-state index >= 15 is 0 Å². The van der Waals surface area contributed by atoms with E-state index in [0.717, 1.165) is 22.6 Å². The molecule has 0 unspecified atom stereocenters. The van der Waals surface area contributed by atoms with Crippen molar-refractivity contribution in [2.24, 2.45) is 0 Å². The highest BCUT2D eigenvalue weighted by molar-refractivity contribution is 5.77. The van der Waals surface area contributed by atoms with E-state index < -0.39 is 0 Å². The molecule has 2 amide bonds. The topological polar surface area (TPSA) is 79.5 Å². The minimum atomic E-state index is -0.116. The van der Waals surface area contributed by atoms with E-state index in [1.165, 1.54) is 0 Å². The number of aromatic amines is 1. The first-order valence-corrected chi connectivity index (χ1v) is 7.14. The molecular formula is C15H22N4O3. The van der Waals surface area contributed by atoms with Crippen LogP contribution < -0.4 is 10.1 Å². The molecule has 0 aliphatic carbocycles. The van der Waals surface area contributed by atoms with Gasteiger partial charge in [-0.05, 0) is 12.1 Å². The van der Waals surface area contributed by atoms with E-state index in [-0.39, 0.29) is 6.03 Å². The molecule has 0 bridgehead atoms. The van der Waals surface area contributed by atoms with Gasteiger partial charge in [0.25, 0.3) is 0 Å². The molecule has 0 spiro atoms. The summed E-state index contributed by atoms with van der Waals surface area (Å²) in [4.78, 5) is 21.1. The monoisotopic (exact) mass is 306 g/mol. The molecule has 0 aliphatic heterocycles. The van der Waals surface area contributed by atoms with Gasteiger partial charge in [0.05, 0.1) is 24.8 Å². The number of ether oxygens (including phenoxy) is 2. The van der Waals surface area contributed by atoms with Gasteiger partial charge >= 0.3 is 6.03 Å². The fourth-order valence-electron chi connectivity index (χ4n) is 2.04. The van der Waals surface area contributed by atoms with Gasteiger partial charge in [0.15, 0.2) is 0 Å². The van der Waals surface area contributed by atoms with Gasteiger partial charge in [-0.3, -0.25) is 0 Å². The molecule has 1 aromatic heterocycles. The molecule has 7 heteroatoms. The highest BCUT2D eigenvalue weighted by atomic mass is 16.5. The molecule has 0 saturated heterocycles. The summed E-state index contributed by atoms with van der Waals surface area (Å²) in [6, 6.07) is 5.57. The van der Waals surface area contributed by atoms with Crippen LogP contribution in [0.2, 0.25) is 0 Å². The van der Waals surface area contributed by atoms with Crippen molar-refractivity contribution >= 4 is 17.1 Å². The van der Waals surface area contributed by atoms with Gasteiger partial charge in [0, 0.05) is 39.7 Å². The number of hydrogen-bond donors (Lipinski definition) is 2. The van der Waals surface area contributed by atoms with Crippen LogP contribution in [0.3, 0.4) is 0 Å². The second-order valence-corrected chi connectivity index (χ2v) is 4.96. The molecule has 1 heterocycles. The van der Waals surface area contributed by atoms with Crippen molar-refractivity contribution in [2.45, 2.75) is 6.42 Å². The first-order valence-electron chi connectivity index (χ1n) is 7.14. The van der Waals surface area contributed by atoms with Crippen molar-refractivity contribution < 1.29 is 14.3 Å². The minimum Gasteiger partial charge on any atom is -0.497 e. The molecule has 0 radical (unpaired) electrons. The average Bonchev–Trinajstić information content (AvgIpc) is 2.93. The maximum absolute atomic E-state index is 11.8. The van der Waals surface area contributed by atoms with Gasteiger partial charge in [-0.15, -0.1) is 0 Å². The summed E-state index contributed by atoms with van der Waals surface area (Å²) in [5.41, 5.74) is 1.82. The normalized spacial score (nSPS) is 10.7. The third kappa shape index (κ3) is 4.11. The van der Waals surface area contributed by atoms with E-state index in [1.54, 1.807) is 26.2 Å². The maximum Gasteiger partial charge on any atom is 0.317 e. The Hall–Kier alpha value is -2.28. The minimum absolute atomic E-state index is 0.116. The quantitative estimate of drug-likeness (QED) is 0.810. The van der Waals surface area contributed by atoms with Crippen LogP contribution in [0.4, 0.5) is 4.79 Å². The summed E-state index contributed by atoms with van der Waals surface area (Å²) in [5.74, 6) is 1.62. The van der Waals surface area contributed by atoms with Crippen LogP contribution in [0.25, 0.3) is 11.0 Å². The molecule has 0 saturated carbocycles. The van der Waals surface area contributed by atoms with Crippen LogP contribution in [-0.4, -0.2) is 61.9 Å². The lowest BCUT2D eigenvalue weighted by Gasteiger charge is -2.17. The summed E-state index contributed by atoms with van der Waals surface area (Å²) in [6.07, 6.45) is 0.640. The SMILES string of the molecule is COCCN(C)C(=O)NCCc1nc2ccc(OC)cc2[nH]1. The zero-order chi connectivity index (χ0) is 15.9. The molecule has 2 aromatic rings. The summed E-state index contributed by atoms with van der Waals surface area (Å²) in [5, 5.41) is 2.85. The molecule has 7 nitrogen and oxygen atoms in total. The largest absolute Gasteiger partial charge is 0.497 e. The second-order valence-electron chi connectivity index (χ2n) is 4.96. The third-order valence-electron chi connectivity index (χ3n) is 3.35. The van der Waals surface area contributed by atoms with E-state index in [1.807, 2.05) is 18.2 Å². The van der Waals surface area contributed by atoms with Crippen LogP contribution in [0.15, 0.2) is 18.2 Å². The molecule has 1 aromatic carbocycles. The molecule has 0 fully saturated rings.